The highest BCUT2D eigenvalue weighted by Crippen LogP contribution is 2.25. The van der Waals surface area contributed by atoms with E-state index in [-0.39, 0.29) is 23.7 Å². The quantitative estimate of drug-likeness (QED) is 0.358. The zero-order valence-electron chi connectivity index (χ0n) is 16.9. The minimum atomic E-state index is -4.17. The molecule has 1 heterocycles. The van der Waals surface area contributed by atoms with Gasteiger partial charge in [-0.15, -0.1) is 5.10 Å². The topological polar surface area (TPSA) is 140 Å². The van der Waals surface area contributed by atoms with E-state index >= 15 is 0 Å². The number of sulfonamides is 1. The molecule has 0 aliphatic heterocycles. The Morgan fingerprint density at radius 1 is 1.19 bits per heavy atom. The number of hydrogen-bond acceptors (Lipinski definition) is 8. The van der Waals surface area contributed by atoms with Gasteiger partial charge in [0.15, 0.2) is 5.82 Å². The predicted octanol–water partition coefficient (Wildman–Crippen LogP) is 0.526. The molecule has 31 heavy (non-hydrogen) atoms. The lowest BCUT2D eigenvalue weighted by Crippen LogP contribution is -2.50. The smallest absolute Gasteiger partial charge is 0.262 e. The van der Waals surface area contributed by atoms with Crippen molar-refractivity contribution in [3.8, 4) is 5.75 Å². The predicted molar refractivity (Wildman–Crippen MR) is 108 cm³/mol. The Bertz CT molecular complexity index is 1120. The van der Waals surface area contributed by atoms with Crippen LogP contribution in [0.4, 0.5) is 0 Å². The number of nitrogens with one attached hydrogen (secondary N) is 1. The van der Waals surface area contributed by atoms with Crippen molar-refractivity contribution in [2.75, 3.05) is 7.11 Å². The van der Waals surface area contributed by atoms with Crippen molar-refractivity contribution in [2.24, 2.45) is 7.05 Å². The highest BCUT2D eigenvalue weighted by molar-refractivity contribution is 7.89. The summed E-state index contributed by atoms with van der Waals surface area (Å²) in [5, 5.41) is 20.4. The highest BCUT2D eigenvalue weighted by atomic mass is 32.2. The van der Waals surface area contributed by atoms with Crippen LogP contribution in [0, 0.1) is 0 Å². The number of hydrogen-bond donors (Lipinski definition) is 2. The van der Waals surface area contributed by atoms with Gasteiger partial charge < -0.3 is 4.74 Å². The molecule has 1 atom stereocenters. The molecular formula is C19H22N6O5S. The normalized spacial score (nSPS) is 12.5. The largest absolute Gasteiger partial charge is 0.497 e. The van der Waals surface area contributed by atoms with Crippen LogP contribution >= 0.6 is 0 Å². The number of benzene rings is 2. The first-order valence-electron chi connectivity index (χ1n) is 9.22. The van der Waals surface area contributed by atoms with Gasteiger partial charge in [-0.3, -0.25) is 10.0 Å². The minimum Gasteiger partial charge on any atom is -0.497 e. The maximum atomic E-state index is 13.6. The van der Waals surface area contributed by atoms with Gasteiger partial charge in [0.25, 0.3) is 5.91 Å². The maximum Gasteiger partial charge on any atom is 0.262 e. The Labute approximate surface area is 179 Å². The number of carbonyl (C=O) groups excluding carboxylic acids is 1. The molecule has 1 aromatic heterocycles. The van der Waals surface area contributed by atoms with E-state index in [4.69, 9.17) is 4.74 Å². The van der Waals surface area contributed by atoms with Crippen LogP contribution in [0.1, 0.15) is 11.4 Å². The molecule has 2 aromatic carbocycles. The molecule has 0 bridgehead atoms. The summed E-state index contributed by atoms with van der Waals surface area (Å²) in [6.45, 7) is -0.113. The van der Waals surface area contributed by atoms with Crippen molar-refractivity contribution in [2.45, 2.75) is 23.9 Å². The van der Waals surface area contributed by atoms with Gasteiger partial charge in [0.1, 0.15) is 11.8 Å². The summed E-state index contributed by atoms with van der Waals surface area (Å²) in [6.07, 6.45) is -0.155. The van der Waals surface area contributed by atoms with Crippen LogP contribution in [0.2, 0.25) is 0 Å². The van der Waals surface area contributed by atoms with Crippen molar-refractivity contribution >= 4 is 15.9 Å². The van der Waals surface area contributed by atoms with Crippen LogP contribution in [-0.4, -0.2) is 57.2 Å². The van der Waals surface area contributed by atoms with Crippen LogP contribution in [0.3, 0.4) is 0 Å². The third-order valence-corrected chi connectivity index (χ3v) is 6.56. The molecule has 2 N–H and O–H groups in total. The van der Waals surface area contributed by atoms with Gasteiger partial charge in [0, 0.05) is 20.0 Å². The van der Waals surface area contributed by atoms with Crippen molar-refractivity contribution in [1.29, 1.82) is 0 Å². The SMILES string of the molecule is COc1ccc(S(=O)(=O)N(Cc2ccccc2)C(Cc2nnnn2C)C(=O)NO)cc1. The Morgan fingerprint density at radius 3 is 2.42 bits per heavy atom. The van der Waals surface area contributed by atoms with Crippen LogP contribution in [0.25, 0.3) is 0 Å². The molecule has 12 heteroatoms. The molecule has 0 saturated heterocycles. The number of carbonyl (C=O) groups is 1. The van der Waals surface area contributed by atoms with Gasteiger partial charge in [-0.1, -0.05) is 30.3 Å². The molecule has 3 rings (SSSR count). The van der Waals surface area contributed by atoms with E-state index in [1.807, 2.05) is 0 Å². The lowest BCUT2D eigenvalue weighted by atomic mass is 10.1. The zero-order valence-corrected chi connectivity index (χ0v) is 17.7. The van der Waals surface area contributed by atoms with Gasteiger partial charge in [-0.05, 0) is 40.3 Å². The number of aromatic nitrogens is 4. The third kappa shape index (κ3) is 5.05. The Hall–Kier alpha value is -3.35. The number of tetrazole rings is 1. The van der Waals surface area contributed by atoms with Gasteiger partial charge in [0.2, 0.25) is 10.0 Å². The number of amides is 1. The molecule has 1 unspecified atom stereocenters. The molecular weight excluding hydrogens is 424 g/mol. The number of hydroxylamine groups is 1. The molecule has 11 nitrogen and oxygen atoms in total. The average Bonchev–Trinajstić information content (AvgIpc) is 3.20. The standard InChI is InChI=1S/C19H22N6O5S/c1-24-18(20-22-23-24)12-17(19(26)21-27)25(13-14-6-4-3-5-7-14)31(28,29)16-10-8-15(30-2)9-11-16/h3-11,17,27H,12-13H2,1-2H3,(H,21,26). The molecule has 3 aromatic rings. The van der Waals surface area contributed by atoms with E-state index in [2.05, 4.69) is 15.5 Å². The fourth-order valence-corrected chi connectivity index (χ4v) is 4.58. The first-order valence-corrected chi connectivity index (χ1v) is 10.7. The Kier molecular flexibility index (Phi) is 6.95. The van der Waals surface area contributed by atoms with Crippen LogP contribution in [0.5, 0.6) is 5.75 Å². The number of aryl methyl sites for hydroxylation is 1. The summed E-state index contributed by atoms with van der Waals surface area (Å²) >= 11 is 0. The number of rotatable bonds is 9. The lowest BCUT2D eigenvalue weighted by molar-refractivity contribution is -0.133. The molecule has 0 spiro atoms. The summed E-state index contributed by atoms with van der Waals surface area (Å²) in [5.41, 5.74) is 2.22. The monoisotopic (exact) mass is 446 g/mol. The van der Waals surface area contributed by atoms with Gasteiger partial charge in [-0.2, -0.15) is 4.31 Å². The summed E-state index contributed by atoms with van der Waals surface area (Å²) in [6, 6.07) is 13.3. The summed E-state index contributed by atoms with van der Waals surface area (Å²) in [4.78, 5) is 12.6. The fraction of sp³-hybridized carbons (Fsp3) is 0.263. The zero-order chi connectivity index (χ0) is 22.4. The number of nitrogens with zero attached hydrogens (tertiary/aromatic N) is 5. The molecule has 0 radical (unpaired) electrons. The van der Waals surface area contributed by atoms with Crippen LogP contribution < -0.4 is 10.2 Å². The van der Waals surface area contributed by atoms with E-state index in [0.717, 1.165) is 4.31 Å². The molecule has 0 aliphatic carbocycles. The first-order chi connectivity index (χ1) is 14.9. The third-order valence-electron chi connectivity index (χ3n) is 4.69. The Balaban J connectivity index is 2.07. The second-order valence-electron chi connectivity index (χ2n) is 6.63. The Morgan fingerprint density at radius 2 is 1.87 bits per heavy atom. The van der Waals surface area contributed by atoms with Crippen LogP contribution in [-0.2, 0) is 34.8 Å². The maximum absolute atomic E-state index is 13.6. The lowest BCUT2D eigenvalue weighted by Gasteiger charge is -2.29. The van der Waals surface area contributed by atoms with E-state index < -0.39 is 22.0 Å². The molecule has 0 aliphatic rings. The van der Waals surface area contributed by atoms with E-state index in [9.17, 15) is 18.4 Å². The highest BCUT2D eigenvalue weighted by Gasteiger charge is 2.37. The van der Waals surface area contributed by atoms with Crippen molar-refractivity contribution < 1.29 is 23.2 Å². The van der Waals surface area contributed by atoms with Crippen molar-refractivity contribution in [3.63, 3.8) is 0 Å². The van der Waals surface area contributed by atoms with E-state index in [1.54, 1.807) is 42.9 Å². The number of methoxy groups -OCH3 is 1. The molecule has 0 fully saturated rings. The van der Waals surface area contributed by atoms with E-state index in [0.29, 0.717) is 11.3 Å². The van der Waals surface area contributed by atoms with Gasteiger partial charge in [0.05, 0.1) is 12.0 Å². The van der Waals surface area contributed by atoms with Gasteiger partial charge in [-0.25, -0.2) is 18.6 Å². The van der Waals surface area contributed by atoms with Crippen LogP contribution in [0.15, 0.2) is 59.5 Å². The molecule has 164 valence electrons. The average molecular weight is 446 g/mol. The van der Waals surface area contributed by atoms with Crippen molar-refractivity contribution in [3.05, 3.63) is 66.0 Å². The molecule has 1 amide bonds. The van der Waals surface area contributed by atoms with E-state index in [1.165, 1.54) is 36.1 Å². The fourth-order valence-electron chi connectivity index (χ4n) is 3.00. The number of ether oxygens (including phenoxy) is 1. The summed E-state index contributed by atoms with van der Waals surface area (Å²) < 4.78 is 34.6. The summed E-state index contributed by atoms with van der Waals surface area (Å²) in [5.74, 6) is -0.143. The summed E-state index contributed by atoms with van der Waals surface area (Å²) in [7, 11) is -1.12. The van der Waals surface area contributed by atoms with Gasteiger partial charge >= 0.3 is 0 Å². The second kappa shape index (κ2) is 9.64. The van der Waals surface area contributed by atoms with Crippen molar-refractivity contribution in [1.82, 2.24) is 30.0 Å². The minimum absolute atomic E-state index is 0.0314. The first kappa shape index (κ1) is 22.3. The molecule has 0 saturated carbocycles. The second-order valence-corrected chi connectivity index (χ2v) is 8.52.